The van der Waals surface area contributed by atoms with E-state index in [1.165, 1.54) is 0 Å². The van der Waals surface area contributed by atoms with Crippen molar-refractivity contribution in [3.63, 3.8) is 0 Å². The monoisotopic (exact) mass is 174 g/mol. The van der Waals surface area contributed by atoms with Crippen LogP contribution in [0.15, 0.2) is 0 Å². The van der Waals surface area contributed by atoms with Crippen molar-refractivity contribution in [1.29, 1.82) is 0 Å². The predicted octanol–water partition coefficient (Wildman–Crippen LogP) is -0.0229. The van der Waals surface area contributed by atoms with Gasteiger partial charge < -0.3 is 14.7 Å². The van der Waals surface area contributed by atoms with Crippen LogP contribution in [0.2, 0.25) is 0 Å². The molecular weight excluding hydrogens is 166 g/mol. The molecular formula is C2H8O5P2. The van der Waals surface area contributed by atoms with E-state index in [-0.39, 0.29) is 0 Å². The van der Waals surface area contributed by atoms with Crippen LogP contribution in [-0.2, 0) is 9.13 Å². The van der Waals surface area contributed by atoms with E-state index in [9.17, 15) is 9.13 Å². The molecule has 0 heterocycles. The first-order valence-electron chi connectivity index (χ1n) is 2.13. The van der Waals surface area contributed by atoms with E-state index in [1.54, 1.807) is 0 Å². The van der Waals surface area contributed by atoms with Gasteiger partial charge in [-0.2, -0.15) is 0 Å². The van der Waals surface area contributed by atoms with Gasteiger partial charge in [0.1, 0.15) is 5.40 Å². The topological polar surface area (TPSA) is 94.8 Å². The molecule has 0 aliphatic heterocycles. The predicted molar refractivity (Wildman–Crippen MR) is 32.7 cm³/mol. The zero-order chi connectivity index (χ0) is 7.65. The summed E-state index contributed by atoms with van der Waals surface area (Å²) >= 11 is 0. The second kappa shape index (κ2) is 2.95. The number of hydrogen-bond donors (Lipinski definition) is 3. The van der Waals surface area contributed by atoms with Crippen LogP contribution >= 0.6 is 15.6 Å². The first-order chi connectivity index (χ1) is 3.85. The smallest absolute Gasteiger partial charge is 0.337 e. The van der Waals surface area contributed by atoms with Gasteiger partial charge in [-0.25, -0.2) is 0 Å². The van der Waals surface area contributed by atoms with Crippen molar-refractivity contribution in [2.45, 2.75) is 12.3 Å². The first-order valence-corrected chi connectivity index (χ1v) is 5.25. The largest absolute Gasteiger partial charge is 0.346 e. The van der Waals surface area contributed by atoms with Crippen LogP contribution in [0.4, 0.5) is 0 Å². The Kier molecular flexibility index (Phi) is 3.06. The molecule has 0 rings (SSSR count). The maximum absolute atomic E-state index is 10.1. The summed E-state index contributed by atoms with van der Waals surface area (Å²) in [6.07, 6.45) is 0. The van der Waals surface area contributed by atoms with Crippen molar-refractivity contribution in [1.82, 2.24) is 0 Å². The minimum absolute atomic E-state index is 1.04. The molecule has 0 aliphatic carbocycles. The lowest BCUT2D eigenvalue weighted by Crippen LogP contribution is -1.95. The van der Waals surface area contributed by atoms with Gasteiger partial charge in [-0.05, 0) is 6.92 Å². The molecule has 0 aliphatic rings. The van der Waals surface area contributed by atoms with Gasteiger partial charge in [-0.1, -0.05) is 0 Å². The summed E-state index contributed by atoms with van der Waals surface area (Å²) in [5, 5.41) is -1.41. The molecule has 0 amide bonds. The van der Waals surface area contributed by atoms with E-state index in [1.807, 2.05) is 0 Å². The molecule has 0 saturated heterocycles. The van der Waals surface area contributed by atoms with E-state index >= 15 is 0 Å². The Morgan fingerprint density at radius 1 is 1.56 bits per heavy atom. The van der Waals surface area contributed by atoms with Crippen molar-refractivity contribution < 1.29 is 23.8 Å². The molecule has 0 fully saturated rings. The molecule has 0 spiro atoms. The minimum Gasteiger partial charge on any atom is -0.346 e. The van der Waals surface area contributed by atoms with Crippen LogP contribution in [0.3, 0.4) is 0 Å². The highest BCUT2D eigenvalue weighted by Crippen LogP contribution is 2.50. The molecule has 3 N–H and O–H groups in total. The third-order valence-electron chi connectivity index (χ3n) is 0.862. The fraction of sp³-hybridized carbons (Fsp3) is 1.00. The van der Waals surface area contributed by atoms with E-state index in [4.69, 9.17) is 14.7 Å². The molecule has 0 aromatic rings. The van der Waals surface area contributed by atoms with E-state index < -0.39 is 21.0 Å². The molecule has 56 valence electrons. The quantitative estimate of drug-likeness (QED) is 0.511. The SMILES string of the molecule is CC([PH](=O)O)P(=O)(O)O. The lowest BCUT2D eigenvalue weighted by Gasteiger charge is -2.07. The number of hydrogen-bond acceptors (Lipinski definition) is 2. The summed E-state index contributed by atoms with van der Waals surface area (Å²) < 4.78 is 20.2. The summed E-state index contributed by atoms with van der Waals surface area (Å²) in [5.74, 6) is 0. The molecule has 5 nitrogen and oxygen atoms in total. The zero-order valence-corrected chi connectivity index (χ0v) is 6.58. The van der Waals surface area contributed by atoms with Crippen LogP contribution in [0.25, 0.3) is 0 Å². The first kappa shape index (κ1) is 9.34. The highest BCUT2D eigenvalue weighted by atomic mass is 31.2. The second-order valence-electron chi connectivity index (χ2n) is 1.60. The third-order valence-corrected chi connectivity index (χ3v) is 4.26. The van der Waals surface area contributed by atoms with Gasteiger partial charge in [-0.15, -0.1) is 0 Å². The minimum atomic E-state index is -4.33. The van der Waals surface area contributed by atoms with Crippen molar-refractivity contribution in [3.05, 3.63) is 0 Å². The fourth-order valence-electron chi connectivity index (χ4n) is 0.144. The zero-order valence-electron chi connectivity index (χ0n) is 4.68. The highest BCUT2D eigenvalue weighted by molar-refractivity contribution is 7.65. The van der Waals surface area contributed by atoms with Crippen molar-refractivity contribution in [3.8, 4) is 0 Å². The van der Waals surface area contributed by atoms with Crippen LogP contribution in [0, 0.1) is 0 Å². The maximum atomic E-state index is 10.1. The van der Waals surface area contributed by atoms with Crippen molar-refractivity contribution in [2.75, 3.05) is 0 Å². The molecule has 0 radical (unpaired) electrons. The van der Waals surface area contributed by atoms with Crippen LogP contribution in [0.5, 0.6) is 0 Å². The summed E-state index contributed by atoms with van der Waals surface area (Å²) in [6.45, 7) is 1.04. The van der Waals surface area contributed by atoms with Gasteiger partial charge >= 0.3 is 7.60 Å². The Balaban J connectivity index is 4.23. The molecule has 9 heavy (non-hydrogen) atoms. The number of rotatable bonds is 2. The van der Waals surface area contributed by atoms with Crippen molar-refractivity contribution in [2.24, 2.45) is 0 Å². The molecule has 7 heteroatoms. The lowest BCUT2D eigenvalue weighted by molar-refractivity contribution is 0.367. The molecule has 2 unspecified atom stereocenters. The fourth-order valence-corrected chi connectivity index (χ4v) is 1.29. The Bertz CT molecular complexity index is 158. The highest BCUT2D eigenvalue weighted by Gasteiger charge is 2.27. The molecule has 0 bridgehead atoms. The van der Waals surface area contributed by atoms with Gasteiger partial charge in [0.15, 0.2) is 0 Å². The van der Waals surface area contributed by atoms with E-state index in [2.05, 4.69) is 0 Å². The Hall–Kier alpha value is 0.340. The lowest BCUT2D eigenvalue weighted by atomic mass is 11.0. The van der Waals surface area contributed by atoms with Gasteiger partial charge in [-0.3, -0.25) is 9.13 Å². The molecule has 2 atom stereocenters. The van der Waals surface area contributed by atoms with Crippen LogP contribution in [0.1, 0.15) is 6.92 Å². The van der Waals surface area contributed by atoms with Gasteiger partial charge in [0.25, 0.3) is 0 Å². The molecule has 0 saturated carbocycles. The molecule has 0 aromatic heterocycles. The maximum Gasteiger partial charge on any atom is 0.337 e. The second-order valence-corrected chi connectivity index (χ2v) is 5.58. The standard InChI is InChI=1S/C2H8O5P2/c1-2(8(3)4)9(5,6)7/h2,8H,1H3,(H,3,4)(H2,5,6,7). The summed E-state index contributed by atoms with van der Waals surface area (Å²) in [6, 6.07) is 0. The average molecular weight is 174 g/mol. The Labute approximate surface area is 52.7 Å². The summed E-state index contributed by atoms with van der Waals surface area (Å²) in [7, 11) is -7.41. The summed E-state index contributed by atoms with van der Waals surface area (Å²) in [4.78, 5) is 24.7. The van der Waals surface area contributed by atoms with Gasteiger partial charge in [0.05, 0.1) is 0 Å². The van der Waals surface area contributed by atoms with Gasteiger partial charge in [0, 0.05) is 0 Å². The van der Waals surface area contributed by atoms with E-state index in [0.29, 0.717) is 0 Å². The normalized spacial score (nSPS) is 19.1. The Morgan fingerprint density at radius 3 is 1.89 bits per heavy atom. The third kappa shape index (κ3) is 3.14. The van der Waals surface area contributed by atoms with E-state index in [0.717, 1.165) is 6.92 Å². The summed E-state index contributed by atoms with van der Waals surface area (Å²) in [5.41, 5.74) is 0. The van der Waals surface area contributed by atoms with Crippen molar-refractivity contribution >= 4 is 15.6 Å². The molecule has 0 aromatic carbocycles. The van der Waals surface area contributed by atoms with Gasteiger partial charge in [0.2, 0.25) is 8.03 Å². The van der Waals surface area contributed by atoms with Crippen LogP contribution in [-0.4, -0.2) is 20.1 Å². The Morgan fingerprint density at radius 2 is 1.89 bits per heavy atom. The van der Waals surface area contributed by atoms with Crippen LogP contribution < -0.4 is 0 Å². The average Bonchev–Trinajstić information content (AvgIpc) is 1.62.